The van der Waals surface area contributed by atoms with Crippen molar-refractivity contribution in [2.45, 2.75) is 51.1 Å². The molecule has 2 atom stereocenters. The van der Waals surface area contributed by atoms with Crippen molar-refractivity contribution in [2.75, 3.05) is 7.05 Å². The molecule has 5 heteroatoms. The third-order valence-corrected chi connectivity index (χ3v) is 4.13. The maximum absolute atomic E-state index is 12.1. The van der Waals surface area contributed by atoms with Crippen molar-refractivity contribution in [1.82, 2.24) is 10.2 Å². The molecule has 0 aromatic carbocycles. The molecule has 0 aliphatic heterocycles. The van der Waals surface area contributed by atoms with E-state index in [1.165, 1.54) is 12.8 Å². The van der Waals surface area contributed by atoms with Gasteiger partial charge in [0.15, 0.2) is 0 Å². The molecule has 0 saturated heterocycles. The molecule has 2 saturated carbocycles. The number of hydrogen-bond donors (Lipinski definition) is 2. The molecule has 5 nitrogen and oxygen atoms in total. The van der Waals surface area contributed by atoms with Crippen molar-refractivity contribution in [3.8, 4) is 0 Å². The molecule has 2 rings (SSSR count). The maximum Gasteiger partial charge on any atom is 0.317 e. The normalized spacial score (nSPS) is 22.1. The molecule has 2 aliphatic rings. The fourth-order valence-corrected chi connectivity index (χ4v) is 2.36. The molecule has 2 N–H and O–H groups in total. The van der Waals surface area contributed by atoms with Gasteiger partial charge in [-0.25, -0.2) is 4.79 Å². The van der Waals surface area contributed by atoms with Gasteiger partial charge in [-0.2, -0.15) is 0 Å². The second kappa shape index (κ2) is 5.16. The average molecular weight is 254 g/mol. The van der Waals surface area contributed by atoms with Gasteiger partial charge in [0.25, 0.3) is 0 Å². The summed E-state index contributed by atoms with van der Waals surface area (Å²) in [5, 5.41) is 11.7. The smallest absolute Gasteiger partial charge is 0.317 e. The van der Waals surface area contributed by atoms with E-state index >= 15 is 0 Å². The fourth-order valence-electron chi connectivity index (χ4n) is 2.36. The van der Waals surface area contributed by atoms with E-state index in [2.05, 4.69) is 12.2 Å². The Morgan fingerprint density at radius 2 is 1.83 bits per heavy atom. The van der Waals surface area contributed by atoms with Gasteiger partial charge in [0.05, 0.1) is 6.42 Å². The number of amides is 2. The highest BCUT2D eigenvalue weighted by Crippen LogP contribution is 2.36. The highest BCUT2D eigenvalue weighted by Gasteiger charge is 2.36. The molecule has 0 radical (unpaired) electrons. The number of urea groups is 1. The summed E-state index contributed by atoms with van der Waals surface area (Å²) in [6.45, 7) is 2.06. The highest BCUT2D eigenvalue weighted by molar-refractivity contribution is 5.76. The van der Waals surface area contributed by atoms with Crippen LogP contribution in [0.5, 0.6) is 0 Å². The Kier molecular flexibility index (Phi) is 3.78. The lowest BCUT2D eigenvalue weighted by atomic mass is 10.1. The summed E-state index contributed by atoms with van der Waals surface area (Å²) in [6.07, 6.45) is 4.47. The van der Waals surface area contributed by atoms with Gasteiger partial charge in [-0.15, -0.1) is 0 Å². The first-order chi connectivity index (χ1) is 8.49. The largest absolute Gasteiger partial charge is 0.481 e. The second-order valence-electron chi connectivity index (χ2n) is 5.68. The molecule has 102 valence electrons. The number of hydrogen-bond acceptors (Lipinski definition) is 2. The van der Waals surface area contributed by atoms with E-state index in [-0.39, 0.29) is 24.5 Å². The molecular weight excluding hydrogens is 232 g/mol. The lowest BCUT2D eigenvalue weighted by Gasteiger charge is -2.27. The SMILES string of the molecule is CC(C1CC1)N(C)C(=O)NC(CC(=O)O)C1CC1. The molecule has 2 unspecified atom stereocenters. The fraction of sp³-hybridized carbons (Fsp3) is 0.846. The van der Waals surface area contributed by atoms with E-state index in [9.17, 15) is 9.59 Å². The minimum Gasteiger partial charge on any atom is -0.481 e. The van der Waals surface area contributed by atoms with Crippen LogP contribution in [0, 0.1) is 11.8 Å². The molecule has 0 aromatic rings. The van der Waals surface area contributed by atoms with E-state index in [4.69, 9.17) is 5.11 Å². The van der Waals surface area contributed by atoms with Crippen LogP contribution in [0.25, 0.3) is 0 Å². The third-order valence-electron chi connectivity index (χ3n) is 4.13. The Balaban J connectivity index is 1.85. The first-order valence-electron chi connectivity index (χ1n) is 6.74. The Labute approximate surface area is 108 Å². The van der Waals surface area contributed by atoms with E-state index in [1.807, 2.05) is 0 Å². The van der Waals surface area contributed by atoms with Crippen LogP contribution in [0.15, 0.2) is 0 Å². The van der Waals surface area contributed by atoms with E-state index in [0.29, 0.717) is 11.8 Å². The quantitative estimate of drug-likeness (QED) is 0.757. The van der Waals surface area contributed by atoms with Crippen molar-refractivity contribution < 1.29 is 14.7 Å². The predicted molar refractivity (Wildman–Crippen MR) is 67.2 cm³/mol. The molecule has 18 heavy (non-hydrogen) atoms. The minimum atomic E-state index is -0.843. The van der Waals surface area contributed by atoms with E-state index < -0.39 is 5.97 Å². The summed E-state index contributed by atoms with van der Waals surface area (Å²) in [6, 6.07) is -0.0916. The van der Waals surface area contributed by atoms with Gasteiger partial charge < -0.3 is 15.3 Å². The van der Waals surface area contributed by atoms with Crippen molar-refractivity contribution >= 4 is 12.0 Å². The Hall–Kier alpha value is -1.26. The van der Waals surface area contributed by atoms with Gasteiger partial charge in [-0.1, -0.05) is 0 Å². The monoisotopic (exact) mass is 254 g/mol. The van der Waals surface area contributed by atoms with Gasteiger partial charge >= 0.3 is 12.0 Å². The van der Waals surface area contributed by atoms with Crippen molar-refractivity contribution in [2.24, 2.45) is 11.8 Å². The van der Waals surface area contributed by atoms with Gasteiger partial charge in [-0.3, -0.25) is 4.79 Å². The van der Waals surface area contributed by atoms with Gasteiger partial charge in [0, 0.05) is 19.1 Å². The van der Waals surface area contributed by atoms with Crippen molar-refractivity contribution in [3.05, 3.63) is 0 Å². The van der Waals surface area contributed by atoms with Gasteiger partial charge in [0.2, 0.25) is 0 Å². The molecular formula is C13H22N2O3. The zero-order valence-electron chi connectivity index (χ0n) is 11.1. The summed E-state index contributed by atoms with van der Waals surface area (Å²) in [5.41, 5.74) is 0. The molecule has 2 amide bonds. The van der Waals surface area contributed by atoms with Crippen LogP contribution in [0.3, 0.4) is 0 Å². The molecule has 0 spiro atoms. The zero-order chi connectivity index (χ0) is 13.3. The lowest BCUT2D eigenvalue weighted by molar-refractivity contribution is -0.137. The number of nitrogens with one attached hydrogen (secondary N) is 1. The molecule has 0 aromatic heterocycles. The van der Waals surface area contributed by atoms with Crippen LogP contribution in [0.2, 0.25) is 0 Å². The first-order valence-corrected chi connectivity index (χ1v) is 6.74. The van der Waals surface area contributed by atoms with Crippen LogP contribution >= 0.6 is 0 Å². The first kappa shape index (κ1) is 13.2. The predicted octanol–water partition coefficient (Wildman–Crippen LogP) is 1.68. The second-order valence-corrected chi connectivity index (χ2v) is 5.68. The summed E-state index contributed by atoms with van der Waals surface area (Å²) >= 11 is 0. The average Bonchev–Trinajstić information content (AvgIpc) is 3.18. The lowest BCUT2D eigenvalue weighted by Crippen LogP contribution is -2.48. The topological polar surface area (TPSA) is 69.6 Å². The van der Waals surface area contributed by atoms with Crippen LogP contribution in [0.4, 0.5) is 4.79 Å². The number of aliphatic carboxylic acids is 1. The standard InChI is InChI=1S/C13H22N2O3/c1-8(9-3-4-9)15(2)13(18)14-11(7-12(16)17)10-5-6-10/h8-11H,3-7H2,1-2H3,(H,14,18)(H,16,17). The molecule has 0 bridgehead atoms. The van der Waals surface area contributed by atoms with E-state index in [1.54, 1.807) is 11.9 Å². The Morgan fingerprint density at radius 3 is 2.28 bits per heavy atom. The van der Waals surface area contributed by atoms with Crippen molar-refractivity contribution in [3.63, 3.8) is 0 Å². The zero-order valence-corrected chi connectivity index (χ0v) is 11.1. The van der Waals surface area contributed by atoms with E-state index in [0.717, 1.165) is 12.8 Å². The highest BCUT2D eigenvalue weighted by atomic mass is 16.4. The third kappa shape index (κ3) is 3.37. The number of nitrogens with zero attached hydrogens (tertiary/aromatic N) is 1. The van der Waals surface area contributed by atoms with Crippen LogP contribution < -0.4 is 5.32 Å². The molecule has 0 heterocycles. The number of carbonyl (C=O) groups is 2. The maximum atomic E-state index is 12.1. The Morgan fingerprint density at radius 1 is 1.28 bits per heavy atom. The summed E-state index contributed by atoms with van der Waals surface area (Å²) < 4.78 is 0. The minimum absolute atomic E-state index is 0.0298. The summed E-state index contributed by atoms with van der Waals surface area (Å²) in [4.78, 5) is 24.6. The summed E-state index contributed by atoms with van der Waals surface area (Å²) in [5.74, 6) is 0.138. The molecule has 2 fully saturated rings. The number of carbonyl (C=O) groups excluding carboxylic acids is 1. The number of carboxylic acid groups (broad SMARTS) is 1. The van der Waals surface area contributed by atoms with Crippen LogP contribution in [-0.4, -0.2) is 41.1 Å². The summed E-state index contributed by atoms with van der Waals surface area (Å²) in [7, 11) is 1.79. The van der Waals surface area contributed by atoms with Crippen LogP contribution in [0.1, 0.15) is 39.0 Å². The van der Waals surface area contributed by atoms with Gasteiger partial charge in [-0.05, 0) is 44.4 Å². The molecule has 2 aliphatic carbocycles. The van der Waals surface area contributed by atoms with Crippen molar-refractivity contribution in [1.29, 1.82) is 0 Å². The Bertz CT molecular complexity index is 337. The number of rotatable bonds is 6. The number of carboxylic acids is 1. The van der Waals surface area contributed by atoms with Gasteiger partial charge in [0.1, 0.15) is 0 Å². The van der Waals surface area contributed by atoms with Crippen LogP contribution in [-0.2, 0) is 4.79 Å².